The molecular weight excluding hydrogens is 160 g/mol. The van der Waals surface area contributed by atoms with E-state index in [2.05, 4.69) is 4.74 Å². The molecule has 0 rings (SSSR count). The van der Waals surface area contributed by atoms with Crippen LogP contribution in [0.5, 0.6) is 0 Å². The summed E-state index contributed by atoms with van der Waals surface area (Å²) < 4.78 is 3.65. The molecular formula is C4H10O7. The zero-order valence-electron chi connectivity index (χ0n) is 5.45. The molecule has 68 valence electrons. The summed E-state index contributed by atoms with van der Waals surface area (Å²) in [6.07, 6.45) is -2.98. The summed E-state index contributed by atoms with van der Waals surface area (Å²) >= 11 is 0. The summed E-state index contributed by atoms with van der Waals surface area (Å²) in [5.41, 5.74) is 0. The van der Waals surface area contributed by atoms with Crippen LogP contribution in [0.15, 0.2) is 0 Å². The van der Waals surface area contributed by atoms with Crippen molar-refractivity contribution in [2.24, 2.45) is 0 Å². The highest BCUT2D eigenvalue weighted by Crippen LogP contribution is 2.10. The standard InChI is InChI=1S/C4H10O7/c5-2(6)1-4(9,10)11-3(7)8/h2-3,5-10H,1H2. The van der Waals surface area contributed by atoms with Gasteiger partial charge >= 0.3 is 0 Å². The van der Waals surface area contributed by atoms with Crippen molar-refractivity contribution in [2.75, 3.05) is 0 Å². The molecule has 7 heteroatoms. The van der Waals surface area contributed by atoms with E-state index >= 15 is 0 Å². The van der Waals surface area contributed by atoms with E-state index in [1.165, 1.54) is 0 Å². The molecule has 0 atom stereocenters. The fourth-order valence-corrected chi connectivity index (χ4v) is 0.455. The summed E-state index contributed by atoms with van der Waals surface area (Å²) in [4.78, 5) is 0. The number of hydrogen-bond donors (Lipinski definition) is 6. The lowest BCUT2D eigenvalue weighted by molar-refractivity contribution is -0.430. The summed E-state index contributed by atoms with van der Waals surface area (Å²) in [5.74, 6) is -2.96. The van der Waals surface area contributed by atoms with Crippen molar-refractivity contribution in [3.05, 3.63) is 0 Å². The van der Waals surface area contributed by atoms with E-state index in [4.69, 9.17) is 30.6 Å². The van der Waals surface area contributed by atoms with E-state index < -0.39 is 25.2 Å². The molecule has 0 aliphatic rings. The second kappa shape index (κ2) is 3.93. The summed E-state index contributed by atoms with van der Waals surface area (Å²) in [5, 5.41) is 49.6. The number of hydrogen-bond acceptors (Lipinski definition) is 7. The molecule has 0 aliphatic heterocycles. The minimum absolute atomic E-state index is 0.968. The van der Waals surface area contributed by atoms with Crippen LogP contribution in [0.2, 0.25) is 0 Å². The molecule has 0 radical (unpaired) electrons. The Balaban J connectivity index is 3.79. The number of aliphatic hydroxyl groups excluding tert-OH is 2. The Morgan fingerprint density at radius 3 is 1.82 bits per heavy atom. The Morgan fingerprint density at radius 1 is 1.09 bits per heavy atom. The lowest BCUT2D eigenvalue weighted by atomic mass is 10.3. The van der Waals surface area contributed by atoms with E-state index in [9.17, 15) is 0 Å². The van der Waals surface area contributed by atoms with Crippen LogP contribution in [-0.2, 0) is 4.74 Å². The van der Waals surface area contributed by atoms with Crippen molar-refractivity contribution < 1.29 is 35.4 Å². The molecule has 6 N–H and O–H groups in total. The topological polar surface area (TPSA) is 131 Å². The largest absolute Gasteiger partial charge is 0.368 e. The maximum Gasteiger partial charge on any atom is 0.286 e. The number of aliphatic hydroxyl groups is 6. The average molecular weight is 170 g/mol. The van der Waals surface area contributed by atoms with Gasteiger partial charge in [0.15, 0.2) is 6.29 Å². The minimum Gasteiger partial charge on any atom is -0.368 e. The van der Waals surface area contributed by atoms with Crippen LogP contribution in [0.1, 0.15) is 6.42 Å². The molecule has 0 aromatic heterocycles. The van der Waals surface area contributed by atoms with Crippen LogP contribution in [0, 0.1) is 0 Å². The van der Waals surface area contributed by atoms with E-state index in [0.717, 1.165) is 0 Å². The van der Waals surface area contributed by atoms with Crippen molar-refractivity contribution >= 4 is 0 Å². The SMILES string of the molecule is OC(O)CC(O)(O)OC(O)O. The first-order chi connectivity index (χ1) is 4.83. The van der Waals surface area contributed by atoms with Gasteiger partial charge in [-0.15, -0.1) is 0 Å². The number of rotatable bonds is 4. The third-order valence-electron chi connectivity index (χ3n) is 0.743. The Bertz CT molecular complexity index is 97.0. The Morgan fingerprint density at radius 2 is 1.55 bits per heavy atom. The van der Waals surface area contributed by atoms with E-state index in [0.29, 0.717) is 0 Å². The maximum atomic E-state index is 8.55. The average Bonchev–Trinajstić information content (AvgIpc) is 1.53. The predicted molar refractivity (Wildman–Crippen MR) is 29.3 cm³/mol. The van der Waals surface area contributed by atoms with Gasteiger partial charge in [-0.05, 0) is 0 Å². The zero-order valence-corrected chi connectivity index (χ0v) is 5.45. The van der Waals surface area contributed by atoms with Gasteiger partial charge in [0, 0.05) is 0 Å². The Kier molecular flexibility index (Phi) is 3.83. The normalized spacial score (nSPS) is 13.1. The second-order valence-electron chi connectivity index (χ2n) is 1.87. The fourth-order valence-electron chi connectivity index (χ4n) is 0.455. The van der Waals surface area contributed by atoms with Gasteiger partial charge in [0.05, 0.1) is 6.42 Å². The Hall–Kier alpha value is -0.280. The predicted octanol–water partition coefficient (Wildman–Crippen LogP) is -3.39. The first-order valence-electron chi connectivity index (χ1n) is 2.68. The molecule has 0 bridgehead atoms. The Labute approximate surface area is 61.7 Å². The third-order valence-corrected chi connectivity index (χ3v) is 0.743. The smallest absolute Gasteiger partial charge is 0.286 e. The molecule has 0 saturated heterocycles. The molecule has 0 aromatic rings. The van der Waals surface area contributed by atoms with Gasteiger partial charge in [-0.3, -0.25) is 4.74 Å². The van der Waals surface area contributed by atoms with Gasteiger partial charge in [-0.2, -0.15) is 0 Å². The van der Waals surface area contributed by atoms with Gasteiger partial charge in [0.2, 0.25) is 0 Å². The monoisotopic (exact) mass is 170 g/mol. The maximum absolute atomic E-state index is 8.55. The highest BCUT2D eigenvalue weighted by molar-refractivity contribution is 4.51. The lowest BCUT2D eigenvalue weighted by Crippen LogP contribution is -2.39. The summed E-state index contributed by atoms with van der Waals surface area (Å²) in [6, 6.07) is 0. The van der Waals surface area contributed by atoms with E-state index in [1.807, 2.05) is 0 Å². The molecule has 0 spiro atoms. The molecule has 0 unspecified atom stereocenters. The minimum atomic E-state index is -2.96. The molecule has 11 heavy (non-hydrogen) atoms. The van der Waals surface area contributed by atoms with Gasteiger partial charge in [0.1, 0.15) is 0 Å². The first kappa shape index (κ1) is 10.7. The molecule has 7 nitrogen and oxygen atoms in total. The van der Waals surface area contributed by atoms with E-state index in [1.54, 1.807) is 0 Å². The fraction of sp³-hybridized carbons (Fsp3) is 1.00. The second-order valence-corrected chi connectivity index (χ2v) is 1.87. The van der Waals surface area contributed by atoms with Crippen LogP contribution < -0.4 is 0 Å². The third kappa shape index (κ3) is 6.13. The van der Waals surface area contributed by atoms with Gasteiger partial charge in [0.25, 0.3) is 12.4 Å². The van der Waals surface area contributed by atoms with Crippen LogP contribution >= 0.6 is 0 Å². The molecule has 0 heterocycles. The van der Waals surface area contributed by atoms with Gasteiger partial charge in [-0.1, -0.05) is 0 Å². The van der Waals surface area contributed by atoms with Gasteiger partial charge in [-0.25, -0.2) is 0 Å². The molecule has 0 saturated carbocycles. The highest BCUT2D eigenvalue weighted by Gasteiger charge is 2.29. The summed E-state index contributed by atoms with van der Waals surface area (Å²) in [6.45, 7) is -2.39. The highest BCUT2D eigenvalue weighted by atomic mass is 16.9. The van der Waals surface area contributed by atoms with Crippen LogP contribution in [0.3, 0.4) is 0 Å². The van der Waals surface area contributed by atoms with Crippen LogP contribution in [-0.4, -0.2) is 49.4 Å². The first-order valence-corrected chi connectivity index (χ1v) is 2.68. The molecule has 0 amide bonds. The quantitative estimate of drug-likeness (QED) is 0.242. The van der Waals surface area contributed by atoms with Crippen molar-refractivity contribution in [3.8, 4) is 0 Å². The van der Waals surface area contributed by atoms with Crippen molar-refractivity contribution in [3.63, 3.8) is 0 Å². The molecule has 0 aromatic carbocycles. The number of ether oxygens (including phenoxy) is 1. The lowest BCUT2D eigenvalue weighted by Gasteiger charge is -2.22. The molecule has 0 fully saturated rings. The van der Waals surface area contributed by atoms with Gasteiger partial charge < -0.3 is 30.6 Å². The van der Waals surface area contributed by atoms with Crippen LogP contribution in [0.4, 0.5) is 0 Å². The van der Waals surface area contributed by atoms with E-state index in [-0.39, 0.29) is 0 Å². The van der Waals surface area contributed by atoms with Crippen molar-refractivity contribution in [1.29, 1.82) is 0 Å². The van der Waals surface area contributed by atoms with Crippen molar-refractivity contribution in [2.45, 2.75) is 25.2 Å². The van der Waals surface area contributed by atoms with Crippen LogP contribution in [0.25, 0.3) is 0 Å². The zero-order chi connectivity index (χ0) is 9.07. The molecule has 0 aliphatic carbocycles. The summed E-state index contributed by atoms with van der Waals surface area (Å²) in [7, 11) is 0. The van der Waals surface area contributed by atoms with Crippen molar-refractivity contribution in [1.82, 2.24) is 0 Å².